The van der Waals surface area contributed by atoms with Gasteiger partial charge in [0, 0.05) is 18.1 Å². The molecule has 1 N–H and O–H groups in total. The molecule has 2 fully saturated rings. The summed E-state index contributed by atoms with van der Waals surface area (Å²) in [4.78, 5) is 5.15. The van der Waals surface area contributed by atoms with Crippen LogP contribution in [0.25, 0.3) is 0 Å². The van der Waals surface area contributed by atoms with Crippen LogP contribution in [0.5, 0.6) is 0 Å². The molecule has 3 nitrogen and oxygen atoms in total. The second-order valence-corrected chi connectivity index (χ2v) is 7.04. The van der Waals surface area contributed by atoms with Crippen molar-refractivity contribution in [2.75, 3.05) is 34.2 Å². The van der Waals surface area contributed by atoms with E-state index in [1.54, 1.807) is 0 Å². The number of unbranched alkanes of at least 4 members (excludes halogenated alkanes) is 1. The number of piperidine rings is 1. The van der Waals surface area contributed by atoms with Crippen molar-refractivity contribution < 1.29 is 0 Å². The molecular weight excluding hydrogens is 258 g/mol. The monoisotopic (exact) mass is 297 g/mol. The largest absolute Gasteiger partial charge is 0.317 e. The number of rotatable bonds is 4. The Morgan fingerprint density at radius 1 is 1.00 bits per heavy atom. The van der Waals surface area contributed by atoms with Crippen LogP contribution in [0.15, 0.2) is 0 Å². The van der Waals surface area contributed by atoms with Crippen LogP contribution < -0.4 is 5.32 Å². The van der Waals surface area contributed by atoms with Gasteiger partial charge in [0.1, 0.15) is 0 Å². The summed E-state index contributed by atoms with van der Waals surface area (Å²) < 4.78 is 0. The number of hydrogen-bond acceptors (Lipinski definition) is 3. The summed E-state index contributed by atoms with van der Waals surface area (Å²) in [6.45, 7) is 6.98. The van der Waals surface area contributed by atoms with Crippen molar-refractivity contribution in [3.8, 4) is 0 Å². The lowest BCUT2D eigenvalue weighted by Crippen LogP contribution is -2.49. The van der Waals surface area contributed by atoms with E-state index in [0.29, 0.717) is 0 Å². The number of hydrogen-bond donors (Lipinski definition) is 1. The number of likely N-dealkylation sites (tertiary alicyclic amines) is 1. The van der Waals surface area contributed by atoms with Crippen LogP contribution in [-0.2, 0) is 0 Å². The van der Waals surface area contributed by atoms with Gasteiger partial charge < -0.3 is 15.1 Å². The average Bonchev–Trinajstić information content (AvgIpc) is 2.55. The Bertz CT molecular complexity index is 245. The zero-order valence-electron chi connectivity index (χ0n) is 15.2. The molecule has 126 valence electrons. The van der Waals surface area contributed by atoms with E-state index in [1.165, 1.54) is 64.5 Å². The fraction of sp³-hybridized carbons (Fsp3) is 1.00. The van der Waals surface area contributed by atoms with Crippen LogP contribution in [0.4, 0.5) is 0 Å². The zero-order valence-corrected chi connectivity index (χ0v) is 15.2. The number of nitrogens with zero attached hydrogens (tertiary/aromatic N) is 2. The highest BCUT2D eigenvalue weighted by atomic mass is 15.2. The summed E-state index contributed by atoms with van der Waals surface area (Å²) in [6.07, 6.45) is 10.9. The molecule has 0 spiro atoms. The van der Waals surface area contributed by atoms with Gasteiger partial charge in [0.15, 0.2) is 0 Å². The van der Waals surface area contributed by atoms with E-state index in [4.69, 9.17) is 0 Å². The SMILES string of the molecule is CCCC.CN[C@@H]1CCC[C@@H](N2CCC(N(C)C)CC2)C1. The molecule has 0 unspecified atom stereocenters. The molecule has 1 aliphatic carbocycles. The predicted molar refractivity (Wildman–Crippen MR) is 94.0 cm³/mol. The third-order valence-corrected chi connectivity index (χ3v) is 5.30. The predicted octanol–water partition coefficient (Wildman–Crippen LogP) is 3.35. The van der Waals surface area contributed by atoms with Gasteiger partial charge in [-0.1, -0.05) is 33.1 Å². The molecule has 0 aromatic carbocycles. The summed E-state index contributed by atoms with van der Waals surface area (Å²) >= 11 is 0. The zero-order chi connectivity index (χ0) is 15.7. The first-order chi connectivity index (χ1) is 10.1. The maximum absolute atomic E-state index is 3.47. The molecule has 0 bridgehead atoms. The average molecular weight is 298 g/mol. The number of nitrogens with one attached hydrogen (secondary N) is 1. The van der Waals surface area contributed by atoms with E-state index in [2.05, 4.69) is 50.1 Å². The van der Waals surface area contributed by atoms with Gasteiger partial charge in [-0.3, -0.25) is 0 Å². The topological polar surface area (TPSA) is 18.5 Å². The summed E-state index contributed by atoms with van der Waals surface area (Å²) in [5.41, 5.74) is 0. The molecule has 2 rings (SSSR count). The normalized spacial score (nSPS) is 28.3. The van der Waals surface area contributed by atoms with Crippen LogP contribution >= 0.6 is 0 Å². The molecule has 3 heteroatoms. The van der Waals surface area contributed by atoms with Crippen LogP contribution in [0, 0.1) is 0 Å². The molecule has 1 aliphatic heterocycles. The van der Waals surface area contributed by atoms with E-state index in [0.717, 1.165) is 18.1 Å². The van der Waals surface area contributed by atoms with Crippen molar-refractivity contribution in [2.45, 2.75) is 83.3 Å². The molecule has 2 atom stereocenters. The molecule has 2 aliphatic rings. The second-order valence-electron chi connectivity index (χ2n) is 7.04. The van der Waals surface area contributed by atoms with Gasteiger partial charge >= 0.3 is 0 Å². The van der Waals surface area contributed by atoms with E-state index >= 15 is 0 Å². The van der Waals surface area contributed by atoms with Gasteiger partial charge in [0.2, 0.25) is 0 Å². The Morgan fingerprint density at radius 2 is 1.62 bits per heavy atom. The molecule has 0 radical (unpaired) electrons. The molecular formula is C18H39N3. The minimum absolute atomic E-state index is 0.764. The Morgan fingerprint density at radius 3 is 2.10 bits per heavy atom. The summed E-state index contributed by atoms with van der Waals surface area (Å²) in [6, 6.07) is 2.43. The quantitative estimate of drug-likeness (QED) is 0.858. The van der Waals surface area contributed by atoms with Gasteiger partial charge in [0.25, 0.3) is 0 Å². The highest BCUT2D eigenvalue weighted by Gasteiger charge is 2.29. The van der Waals surface area contributed by atoms with E-state index in [-0.39, 0.29) is 0 Å². The second kappa shape index (κ2) is 10.6. The minimum Gasteiger partial charge on any atom is -0.317 e. The fourth-order valence-corrected chi connectivity index (χ4v) is 3.53. The Balaban J connectivity index is 0.000000491. The van der Waals surface area contributed by atoms with Crippen molar-refractivity contribution in [1.82, 2.24) is 15.1 Å². The molecule has 1 saturated heterocycles. The molecule has 0 aromatic rings. The smallest absolute Gasteiger partial charge is 0.0113 e. The van der Waals surface area contributed by atoms with Gasteiger partial charge in [-0.15, -0.1) is 0 Å². The Labute approximate surface area is 133 Å². The molecule has 21 heavy (non-hydrogen) atoms. The summed E-state index contributed by atoms with van der Waals surface area (Å²) in [5.74, 6) is 0. The fourth-order valence-electron chi connectivity index (χ4n) is 3.53. The lowest BCUT2D eigenvalue weighted by atomic mass is 9.88. The Kier molecular flexibility index (Phi) is 9.54. The standard InChI is InChI=1S/C14H29N3.C4H10/c1-15-12-5-4-6-14(11-12)17-9-7-13(8-10-17)16(2)3;1-3-4-2/h12-15H,4-11H2,1-3H3;3-4H2,1-2H3/t12-,14-;/m1./s1. The molecule has 0 amide bonds. The molecule has 1 saturated carbocycles. The first kappa shape index (κ1) is 18.9. The maximum Gasteiger partial charge on any atom is 0.0113 e. The third kappa shape index (κ3) is 6.66. The van der Waals surface area contributed by atoms with Gasteiger partial charge in [0.05, 0.1) is 0 Å². The van der Waals surface area contributed by atoms with Gasteiger partial charge in [-0.05, 0) is 66.3 Å². The highest BCUT2D eigenvalue weighted by molar-refractivity contribution is 4.87. The van der Waals surface area contributed by atoms with Crippen LogP contribution in [0.1, 0.15) is 65.2 Å². The lowest BCUT2D eigenvalue weighted by molar-refractivity contribution is 0.0826. The van der Waals surface area contributed by atoms with Crippen LogP contribution in [-0.4, -0.2) is 62.2 Å². The first-order valence-electron chi connectivity index (χ1n) is 9.20. The van der Waals surface area contributed by atoms with Crippen LogP contribution in [0.2, 0.25) is 0 Å². The highest BCUT2D eigenvalue weighted by Crippen LogP contribution is 2.26. The van der Waals surface area contributed by atoms with Crippen molar-refractivity contribution in [1.29, 1.82) is 0 Å². The third-order valence-electron chi connectivity index (χ3n) is 5.30. The van der Waals surface area contributed by atoms with Gasteiger partial charge in [-0.2, -0.15) is 0 Å². The van der Waals surface area contributed by atoms with E-state index in [9.17, 15) is 0 Å². The van der Waals surface area contributed by atoms with Crippen LogP contribution in [0.3, 0.4) is 0 Å². The maximum atomic E-state index is 3.47. The summed E-state index contributed by atoms with van der Waals surface area (Å²) in [5, 5.41) is 3.47. The van der Waals surface area contributed by atoms with Crippen molar-refractivity contribution >= 4 is 0 Å². The summed E-state index contributed by atoms with van der Waals surface area (Å²) in [7, 11) is 6.56. The Hall–Kier alpha value is -0.120. The van der Waals surface area contributed by atoms with Gasteiger partial charge in [-0.25, -0.2) is 0 Å². The molecule has 1 heterocycles. The lowest BCUT2D eigenvalue weighted by Gasteiger charge is -2.42. The molecule has 0 aromatic heterocycles. The van der Waals surface area contributed by atoms with E-state index < -0.39 is 0 Å². The van der Waals surface area contributed by atoms with E-state index in [1.807, 2.05) is 0 Å². The minimum atomic E-state index is 0.764. The van der Waals surface area contributed by atoms with Crippen molar-refractivity contribution in [2.24, 2.45) is 0 Å². The van der Waals surface area contributed by atoms with Crippen molar-refractivity contribution in [3.05, 3.63) is 0 Å². The first-order valence-corrected chi connectivity index (χ1v) is 9.20. The van der Waals surface area contributed by atoms with Crippen molar-refractivity contribution in [3.63, 3.8) is 0 Å².